The highest BCUT2D eigenvalue weighted by Gasteiger charge is 2.08. The molecule has 2 aromatic rings. The molecule has 1 amide bonds. The third-order valence-corrected chi connectivity index (χ3v) is 4.65. The van der Waals surface area contributed by atoms with E-state index >= 15 is 0 Å². The van der Waals surface area contributed by atoms with Crippen LogP contribution in [-0.4, -0.2) is 30.8 Å². The van der Waals surface area contributed by atoms with Gasteiger partial charge < -0.3 is 10.1 Å². The lowest BCUT2D eigenvalue weighted by Gasteiger charge is -2.07. The van der Waals surface area contributed by atoms with E-state index in [0.29, 0.717) is 22.3 Å². The molecule has 2 rings (SSSR count). The number of esters is 1. The average molecular weight is 398 g/mol. The molecular formula is C18H17Cl2NO3S. The van der Waals surface area contributed by atoms with Gasteiger partial charge in [0.25, 0.3) is 5.91 Å². The second-order valence-corrected chi connectivity index (χ2v) is 7.16. The highest BCUT2D eigenvalue weighted by Crippen LogP contribution is 2.19. The van der Waals surface area contributed by atoms with Crippen LogP contribution in [-0.2, 0) is 20.7 Å². The molecule has 0 heterocycles. The molecule has 0 bridgehead atoms. The van der Waals surface area contributed by atoms with Crippen LogP contribution in [0, 0.1) is 0 Å². The number of amides is 1. The minimum absolute atomic E-state index is 0.108. The van der Waals surface area contributed by atoms with E-state index in [4.69, 9.17) is 27.9 Å². The highest BCUT2D eigenvalue weighted by molar-refractivity contribution is 7.99. The molecule has 0 unspecified atom stereocenters. The monoisotopic (exact) mass is 397 g/mol. The van der Waals surface area contributed by atoms with Gasteiger partial charge in [0.15, 0.2) is 6.61 Å². The summed E-state index contributed by atoms with van der Waals surface area (Å²) in [5, 5.41) is 4.01. The number of ether oxygens (including phenoxy) is 1. The Kier molecular flexibility index (Phi) is 8.12. The first-order valence-electron chi connectivity index (χ1n) is 7.58. The van der Waals surface area contributed by atoms with Crippen molar-refractivity contribution in [2.75, 3.05) is 18.9 Å². The molecule has 0 spiro atoms. The van der Waals surface area contributed by atoms with Crippen LogP contribution < -0.4 is 5.32 Å². The van der Waals surface area contributed by atoms with Crippen LogP contribution in [0.15, 0.2) is 53.4 Å². The third kappa shape index (κ3) is 7.82. The molecule has 2 aromatic carbocycles. The van der Waals surface area contributed by atoms with Crippen molar-refractivity contribution in [2.24, 2.45) is 0 Å². The Hall–Kier alpha value is -1.69. The van der Waals surface area contributed by atoms with E-state index in [2.05, 4.69) is 5.32 Å². The summed E-state index contributed by atoms with van der Waals surface area (Å²) < 4.78 is 4.96. The Balaban J connectivity index is 1.59. The maximum absolute atomic E-state index is 11.7. The van der Waals surface area contributed by atoms with Gasteiger partial charge in [0.1, 0.15) is 0 Å². The van der Waals surface area contributed by atoms with Crippen molar-refractivity contribution in [1.29, 1.82) is 0 Å². The molecule has 7 heteroatoms. The van der Waals surface area contributed by atoms with E-state index in [1.54, 1.807) is 36.0 Å². The van der Waals surface area contributed by atoms with Crippen LogP contribution in [0.3, 0.4) is 0 Å². The number of hydrogen-bond acceptors (Lipinski definition) is 4. The zero-order valence-corrected chi connectivity index (χ0v) is 15.7. The molecule has 0 aliphatic rings. The Morgan fingerprint density at radius 3 is 2.20 bits per heavy atom. The van der Waals surface area contributed by atoms with E-state index in [0.717, 1.165) is 10.5 Å². The molecule has 132 valence electrons. The fourth-order valence-electron chi connectivity index (χ4n) is 1.91. The first-order valence-corrected chi connectivity index (χ1v) is 9.32. The number of carbonyl (C=O) groups excluding carboxylic acids is 2. The lowest BCUT2D eigenvalue weighted by Crippen LogP contribution is -2.30. The van der Waals surface area contributed by atoms with Crippen molar-refractivity contribution in [2.45, 2.75) is 11.3 Å². The Labute approximate surface area is 160 Å². The smallest absolute Gasteiger partial charge is 0.310 e. The van der Waals surface area contributed by atoms with Crippen LogP contribution in [0.25, 0.3) is 0 Å². The summed E-state index contributed by atoms with van der Waals surface area (Å²) in [6.07, 6.45) is 0.108. The predicted octanol–water partition coefficient (Wildman–Crippen LogP) is 3.99. The Morgan fingerprint density at radius 2 is 1.56 bits per heavy atom. The van der Waals surface area contributed by atoms with Crippen molar-refractivity contribution in [1.82, 2.24) is 5.32 Å². The van der Waals surface area contributed by atoms with Gasteiger partial charge in [-0.2, -0.15) is 0 Å². The number of halogens is 2. The van der Waals surface area contributed by atoms with E-state index in [-0.39, 0.29) is 18.9 Å². The molecule has 25 heavy (non-hydrogen) atoms. The first kappa shape index (κ1) is 19.6. The summed E-state index contributed by atoms with van der Waals surface area (Å²) in [5.74, 6) is -0.0549. The van der Waals surface area contributed by atoms with Crippen molar-refractivity contribution < 1.29 is 14.3 Å². The van der Waals surface area contributed by atoms with Crippen molar-refractivity contribution in [3.8, 4) is 0 Å². The lowest BCUT2D eigenvalue weighted by atomic mass is 10.1. The molecule has 0 radical (unpaired) electrons. The van der Waals surface area contributed by atoms with Crippen molar-refractivity contribution in [3.63, 3.8) is 0 Å². The van der Waals surface area contributed by atoms with Crippen molar-refractivity contribution in [3.05, 3.63) is 64.1 Å². The summed E-state index contributed by atoms with van der Waals surface area (Å²) >= 11 is 13.2. The van der Waals surface area contributed by atoms with Crippen LogP contribution in [0.2, 0.25) is 10.0 Å². The predicted molar refractivity (Wildman–Crippen MR) is 101 cm³/mol. The topological polar surface area (TPSA) is 55.4 Å². The highest BCUT2D eigenvalue weighted by atomic mass is 35.5. The molecule has 0 aliphatic heterocycles. The molecule has 0 aromatic heterocycles. The van der Waals surface area contributed by atoms with Crippen LogP contribution in [0.5, 0.6) is 0 Å². The molecular weight excluding hydrogens is 381 g/mol. The van der Waals surface area contributed by atoms with E-state index < -0.39 is 5.97 Å². The standard InChI is InChI=1S/C18H17Cl2NO3S/c19-14-3-1-13(2-4-14)11-18(23)24-12-17(22)21-9-10-25-16-7-5-15(20)6-8-16/h1-8H,9-12H2,(H,21,22). The van der Waals surface area contributed by atoms with Gasteiger partial charge in [-0.15, -0.1) is 11.8 Å². The quantitative estimate of drug-likeness (QED) is 0.415. The number of nitrogens with one attached hydrogen (secondary N) is 1. The molecule has 0 saturated heterocycles. The maximum Gasteiger partial charge on any atom is 0.310 e. The zero-order chi connectivity index (χ0) is 18.1. The molecule has 0 saturated carbocycles. The molecule has 0 aliphatic carbocycles. The molecule has 0 fully saturated rings. The van der Waals surface area contributed by atoms with Gasteiger partial charge in [-0.05, 0) is 42.0 Å². The fraction of sp³-hybridized carbons (Fsp3) is 0.222. The second kappa shape index (κ2) is 10.3. The van der Waals surface area contributed by atoms with Crippen LogP contribution >= 0.6 is 35.0 Å². The van der Waals surface area contributed by atoms with Gasteiger partial charge in [-0.3, -0.25) is 9.59 Å². The molecule has 4 nitrogen and oxygen atoms in total. The largest absolute Gasteiger partial charge is 0.455 e. The van der Waals surface area contributed by atoms with Gasteiger partial charge in [-0.25, -0.2) is 0 Å². The number of carbonyl (C=O) groups is 2. The van der Waals surface area contributed by atoms with Gasteiger partial charge in [-0.1, -0.05) is 35.3 Å². The maximum atomic E-state index is 11.7. The third-order valence-electron chi connectivity index (χ3n) is 3.13. The summed E-state index contributed by atoms with van der Waals surface area (Å²) in [6.45, 7) is 0.207. The van der Waals surface area contributed by atoms with E-state index in [9.17, 15) is 9.59 Å². The molecule has 0 atom stereocenters. The van der Waals surface area contributed by atoms with E-state index in [1.165, 1.54) is 0 Å². The SMILES string of the molecule is O=C(COC(=O)Cc1ccc(Cl)cc1)NCCSc1ccc(Cl)cc1. The minimum atomic E-state index is -0.451. The summed E-state index contributed by atoms with van der Waals surface area (Å²) in [6, 6.07) is 14.4. The number of benzene rings is 2. The van der Waals surface area contributed by atoms with E-state index in [1.807, 2.05) is 24.3 Å². The van der Waals surface area contributed by atoms with Gasteiger partial charge in [0.2, 0.25) is 0 Å². The molecule has 1 N–H and O–H groups in total. The summed E-state index contributed by atoms with van der Waals surface area (Å²) in [5.41, 5.74) is 0.786. The van der Waals surface area contributed by atoms with Crippen LogP contribution in [0.1, 0.15) is 5.56 Å². The number of rotatable bonds is 8. The number of hydrogen-bond donors (Lipinski definition) is 1. The first-order chi connectivity index (χ1) is 12.0. The number of thioether (sulfide) groups is 1. The summed E-state index contributed by atoms with van der Waals surface area (Å²) in [4.78, 5) is 24.4. The average Bonchev–Trinajstić information content (AvgIpc) is 2.60. The van der Waals surface area contributed by atoms with Gasteiger partial charge in [0, 0.05) is 27.2 Å². The van der Waals surface area contributed by atoms with Crippen molar-refractivity contribution >= 4 is 46.8 Å². The zero-order valence-electron chi connectivity index (χ0n) is 13.3. The second-order valence-electron chi connectivity index (χ2n) is 5.12. The van der Waals surface area contributed by atoms with Crippen LogP contribution in [0.4, 0.5) is 0 Å². The fourth-order valence-corrected chi connectivity index (χ4v) is 2.93. The Bertz CT molecular complexity index is 705. The normalized spacial score (nSPS) is 10.3. The lowest BCUT2D eigenvalue weighted by molar-refractivity contribution is -0.147. The Morgan fingerprint density at radius 1 is 0.960 bits per heavy atom. The van der Waals surface area contributed by atoms with Gasteiger partial charge >= 0.3 is 5.97 Å². The van der Waals surface area contributed by atoms with Gasteiger partial charge in [0.05, 0.1) is 6.42 Å². The minimum Gasteiger partial charge on any atom is -0.455 e. The summed E-state index contributed by atoms with van der Waals surface area (Å²) in [7, 11) is 0.